The van der Waals surface area contributed by atoms with E-state index in [1.807, 2.05) is 11.0 Å². The summed E-state index contributed by atoms with van der Waals surface area (Å²) < 4.78 is 6.06. The van der Waals surface area contributed by atoms with Crippen LogP contribution in [0.4, 0.5) is 0 Å². The summed E-state index contributed by atoms with van der Waals surface area (Å²) >= 11 is 0. The molecule has 6 heteroatoms. The van der Waals surface area contributed by atoms with Crippen molar-refractivity contribution in [3.8, 4) is 0 Å². The Morgan fingerprint density at radius 3 is 2.29 bits per heavy atom. The number of hydrogen-bond acceptors (Lipinski definition) is 3. The third-order valence-electron chi connectivity index (χ3n) is 6.93. The van der Waals surface area contributed by atoms with Gasteiger partial charge in [0.1, 0.15) is 6.54 Å². The second-order valence-corrected chi connectivity index (χ2v) is 9.84. The third-order valence-corrected chi connectivity index (χ3v) is 6.93. The van der Waals surface area contributed by atoms with Gasteiger partial charge in [0, 0.05) is 12.5 Å². The number of esters is 1. The SMILES string of the molecule is CCCCCC[N+]1(Cc2ccccc2)CCN(C(=O)/C=C/CCCCCCCOC(C)=O)CC1.[Br-]. The Balaban J connectivity index is 0.00000612. The van der Waals surface area contributed by atoms with Gasteiger partial charge >= 0.3 is 5.97 Å². The molecule has 0 unspecified atom stereocenters. The van der Waals surface area contributed by atoms with Crippen LogP contribution in [0.2, 0.25) is 0 Å². The highest BCUT2D eigenvalue weighted by Gasteiger charge is 2.33. The van der Waals surface area contributed by atoms with Gasteiger partial charge < -0.3 is 31.1 Å². The van der Waals surface area contributed by atoms with Crippen LogP contribution < -0.4 is 17.0 Å². The van der Waals surface area contributed by atoms with Gasteiger partial charge in [-0.2, -0.15) is 0 Å². The van der Waals surface area contributed by atoms with Gasteiger partial charge in [0.2, 0.25) is 5.91 Å². The zero-order valence-electron chi connectivity index (χ0n) is 22.1. The molecule has 1 amide bonds. The molecule has 5 nitrogen and oxygen atoms in total. The van der Waals surface area contributed by atoms with Gasteiger partial charge in [0.05, 0.1) is 39.3 Å². The van der Waals surface area contributed by atoms with Crippen molar-refractivity contribution in [3.05, 3.63) is 48.0 Å². The topological polar surface area (TPSA) is 46.6 Å². The van der Waals surface area contributed by atoms with E-state index in [0.29, 0.717) is 6.61 Å². The van der Waals surface area contributed by atoms with Gasteiger partial charge in [-0.3, -0.25) is 9.59 Å². The molecule has 0 aromatic heterocycles. The van der Waals surface area contributed by atoms with Crippen LogP contribution in [0.1, 0.15) is 83.6 Å². The number of ether oxygens (including phenoxy) is 1. The van der Waals surface area contributed by atoms with E-state index in [0.717, 1.165) is 75.7 Å². The zero-order chi connectivity index (χ0) is 24.5. The minimum Gasteiger partial charge on any atom is -1.00 e. The molecule has 0 aliphatic carbocycles. The molecule has 1 aliphatic heterocycles. The Morgan fingerprint density at radius 1 is 0.943 bits per heavy atom. The number of benzene rings is 1. The number of rotatable bonds is 16. The Hall–Kier alpha value is -1.66. The molecule has 1 heterocycles. The van der Waals surface area contributed by atoms with E-state index in [9.17, 15) is 9.59 Å². The maximum absolute atomic E-state index is 12.7. The van der Waals surface area contributed by atoms with Crippen LogP contribution in [-0.2, 0) is 20.9 Å². The first-order valence-corrected chi connectivity index (χ1v) is 13.5. The molecule has 0 bridgehead atoms. The molecule has 0 radical (unpaired) electrons. The van der Waals surface area contributed by atoms with Crippen LogP contribution in [0.25, 0.3) is 0 Å². The summed E-state index contributed by atoms with van der Waals surface area (Å²) in [4.78, 5) is 25.5. The van der Waals surface area contributed by atoms with Crippen LogP contribution >= 0.6 is 0 Å². The Kier molecular flexibility index (Phi) is 16.7. The molecular weight excluding hydrogens is 504 g/mol. The summed E-state index contributed by atoms with van der Waals surface area (Å²) in [5.41, 5.74) is 1.41. The first-order chi connectivity index (χ1) is 16.5. The molecule has 0 N–H and O–H groups in total. The highest BCUT2D eigenvalue weighted by atomic mass is 79.9. The summed E-state index contributed by atoms with van der Waals surface area (Å²) in [7, 11) is 0. The lowest BCUT2D eigenvalue weighted by molar-refractivity contribution is -0.944. The van der Waals surface area contributed by atoms with Gasteiger partial charge in [-0.25, -0.2) is 0 Å². The van der Waals surface area contributed by atoms with E-state index in [-0.39, 0.29) is 28.9 Å². The second-order valence-electron chi connectivity index (χ2n) is 9.84. The van der Waals surface area contributed by atoms with Crippen molar-refractivity contribution in [2.45, 2.75) is 84.6 Å². The predicted molar refractivity (Wildman–Crippen MR) is 139 cm³/mol. The molecule has 0 atom stereocenters. The number of halogens is 1. The molecule has 0 spiro atoms. The number of allylic oxidation sites excluding steroid dienone is 1. The van der Waals surface area contributed by atoms with Crippen molar-refractivity contribution in [2.24, 2.45) is 0 Å². The van der Waals surface area contributed by atoms with E-state index in [1.54, 1.807) is 6.08 Å². The minimum atomic E-state index is -0.198. The van der Waals surface area contributed by atoms with Crippen LogP contribution in [0.15, 0.2) is 42.5 Å². The first kappa shape index (κ1) is 31.4. The number of carbonyl (C=O) groups is 2. The number of quaternary nitrogens is 1. The van der Waals surface area contributed by atoms with Crippen LogP contribution in [0.5, 0.6) is 0 Å². The Labute approximate surface area is 224 Å². The standard InChI is InChI=1S/C29H47N2O3.BrH/c1-3-4-5-15-22-31(26-28-17-12-11-13-18-28)23-20-30(21-24-31)29(33)19-14-9-7-6-8-10-16-25-34-27(2)32;/h11-14,17-19H,3-10,15-16,20-26H2,1-2H3;1H/q+1;/p-1/b19-14+;. The van der Waals surface area contributed by atoms with Crippen molar-refractivity contribution in [1.29, 1.82) is 0 Å². The maximum Gasteiger partial charge on any atom is 0.302 e. The quantitative estimate of drug-likeness (QED) is 0.137. The van der Waals surface area contributed by atoms with Crippen molar-refractivity contribution in [3.63, 3.8) is 0 Å². The molecule has 198 valence electrons. The normalized spacial score (nSPS) is 15.1. The lowest BCUT2D eigenvalue weighted by atomic mass is 10.1. The fourth-order valence-electron chi connectivity index (χ4n) is 4.82. The lowest BCUT2D eigenvalue weighted by Crippen LogP contribution is -3.00. The highest BCUT2D eigenvalue weighted by molar-refractivity contribution is 5.87. The molecule has 35 heavy (non-hydrogen) atoms. The lowest BCUT2D eigenvalue weighted by Gasteiger charge is -2.45. The summed E-state index contributed by atoms with van der Waals surface area (Å²) in [6.45, 7) is 10.3. The summed E-state index contributed by atoms with van der Waals surface area (Å²) in [5.74, 6) is -0.0267. The molecule has 2 rings (SSSR count). The number of amides is 1. The van der Waals surface area contributed by atoms with E-state index in [2.05, 4.69) is 37.3 Å². The van der Waals surface area contributed by atoms with Gasteiger partial charge in [0.15, 0.2) is 0 Å². The summed E-state index contributed by atoms with van der Waals surface area (Å²) in [6.07, 6.45) is 15.4. The van der Waals surface area contributed by atoms with Gasteiger partial charge in [-0.1, -0.05) is 75.4 Å². The number of hydrogen-bond donors (Lipinski definition) is 0. The first-order valence-electron chi connectivity index (χ1n) is 13.5. The van der Waals surface area contributed by atoms with Crippen molar-refractivity contribution >= 4 is 11.9 Å². The predicted octanol–water partition coefficient (Wildman–Crippen LogP) is 2.89. The maximum atomic E-state index is 12.7. The average Bonchev–Trinajstić information content (AvgIpc) is 2.84. The van der Waals surface area contributed by atoms with Crippen LogP contribution in [-0.4, -0.2) is 60.6 Å². The van der Waals surface area contributed by atoms with Crippen molar-refractivity contribution in [2.75, 3.05) is 39.3 Å². The summed E-state index contributed by atoms with van der Waals surface area (Å²) in [5, 5.41) is 0. The van der Waals surface area contributed by atoms with Crippen LogP contribution in [0.3, 0.4) is 0 Å². The van der Waals surface area contributed by atoms with E-state index >= 15 is 0 Å². The Morgan fingerprint density at radius 2 is 1.60 bits per heavy atom. The molecular formula is C29H47BrN2O3. The highest BCUT2D eigenvalue weighted by Crippen LogP contribution is 2.21. The summed E-state index contributed by atoms with van der Waals surface area (Å²) in [6, 6.07) is 10.8. The van der Waals surface area contributed by atoms with Crippen molar-refractivity contribution in [1.82, 2.24) is 4.90 Å². The molecule has 1 aliphatic rings. The largest absolute Gasteiger partial charge is 1.00 e. The second kappa shape index (κ2) is 18.6. The molecule has 1 saturated heterocycles. The smallest absolute Gasteiger partial charge is 0.302 e. The molecule has 1 aromatic carbocycles. The van der Waals surface area contributed by atoms with Gasteiger partial charge in [-0.15, -0.1) is 0 Å². The zero-order valence-corrected chi connectivity index (χ0v) is 23.6. The van der Waals surface area contributed by atoms with Crippen LogP contribution in [0, 0.1) is 0 Å². The van der Waals surface area contributed by atoms with Gasteiger partial charge in [0.25, 0.3) is 0 Å². The minimum absolute atomic E-state index is 0. The number of carbonyl (C=O) groups excluding carboxylic acids is 2. The van der Waals surface area contributed by atoms with Crippen molar-refractivity contribution < 1.29 is 35.8 Å². The Bertz CT molecular complexity index is 731. The van der Waals surface area contributed by atoms with Gasteiger partial charge in [-0.05, 0) is 38.2 Å². The fraction of sp³-hybridized carbons (Fsp3) is 0.655. The molecule has 1 fully saturated rings. The van der Waals surface area contributed by atoms with E-state index < -0.39 is 0 Å². The number of piperazine rings is 1. The fourth-order valence-corrected chi connectivity index (χ4v) is 4.82. The number of unbranched alkanes of at least 4 members (excludes halogenated alkanes) is 8. The molecule has 1 aromatic rings. The average molecular weight is 552 g/mol. The van der Waals surface area contributed by atoms with E-state index in [1.165, 1.54) is 44.7 Å². The molecule has 0 saturated carbocycles. The number of nitrogens with zero attached hydrogens (tertiary/aromatic N) is 2. The third kappa shape index (κ3) is 13.3. The monoisotopic (exact) mass is 550 g/mol. The van der Waals surface area contributed by atoms with E-state index in [4.69, 9.17) is 4.74 Å².